The highest BCUT2D eigenvalue weighted by atomic mass is 35.5. The molecule has 13 heteroatoms. The van der Waals surface area contributed by atoms with Gasteiger partial charge in [-0.15, -0.1) is 0 Å². The number of hydrogen-bond donors (Lipinski definition) is 2. The van der Waals surface area contributed by atoms with Crippen molar-refractivity contribution < 1.29 is 33.1 Å². The Bertz CT molecular complexity index is 1510. The Balaban J connectivity index is 1.55. The lowest BCUT2D eigenvalue weighted by Crippen LogP contribution is -2.42. The summed E-state index contributed by atoms with van der Waals surface area (Å²) >= 11 is 5.90. The van der Waals surface area contributed by atoms with Gasteiger partial charge in [0, 0.05) is 57.2 Å². The molecule has 222 valence electrons. The zero-order chi connectivity index (χ0) is 30.6. The number of anilines is 2. The van der Waals surface area contributed by atoms with Crippen molar-refractivity contribution in [2.45, 2.75) is 38.6 Å². The van der Waals surface area contributed by atoms with Gasteiger partial charge in [-0.2, -0.15) is 0 Å². The van der Waals surface area contributed by atoms with Crippen molar-refractivity contribution in [3.63, 3.8) is 0 Å². The number of pyridine rings is 1. The minimum atomic E-state index is -0.645. The number of carbonyl (C=O) groups is 5. The van der Waals surface area contributed by atoms with Crippen molar-refractivity contribution in [1.29, 1.82) is 0 Å². The van der Waals surface area contributed by atoms with Crippen LogP contribution in [0.15, 0.2) is 40.9 Å². The third kappa shape index (κ3) is 7.06. The molecule has 2 heterocycles. The van der Waals surface area contributed by atoms with E-state index in [4.69, 9.17) is 20.8 Å². The molecule has 1 fully saturated rings. The average molecular weight is 598 g/mol. The number of benzene rings is 1. The zero-order valence-electron chi connectivity index (χ0n) is 23.7. The summed E-state index contributed by atoms with van der Waals surface area (Å²) in [6, 6.07) is 7.74. The molecule has 0 bridgehead atoms. The minimum absolute atomic E-state index is 0.0975. The maximum absolute atomic E-state index is 13.5. The third-order valence-electron chi connectivity index (χ3n) is 7.17. The molecule has 1 aliphatic carbocycles. The Morgan fingerprint density at radius 1 is 1.02 bits per heavy atom. The van der Waals surface area contributed by atoms with Gasteiger partial charge in [-0.05, 0) is 56.0 Å². The fraction of sp³-hybridized carbons (Fsp3) is 0.379. The van der Waals surface area contributed by atoms with Crippen LogP contribution < -0.4 is 10.6 Å². The first kappa shape index (κ1) is 30.5. The monoisotopic (exact) mass is 597 g/mol. The van der Waals surface area contributed by atoms with Crippen LogP contribution >= 0.6 is 11.6 Å². The van der Waals surface area contributed by atoms with Crippen LogP contribution in [-0.4, -0.2) is 78.2 Å². The molecule has 4 amide bonds. The average Bonchev–Trinajstić information content (AvgIpc) is 3.33. The van der Waals surface area contributed by atoms with E-state index in [1.165, 1.54) is 24.1 Å². The first-order valence-corrected chi connectivity index (χ1v) is 13.7. The highest BCUT2D eigenvalue weighted by molar-refractivity contribution is 6.30. The lowest BCUT2D eigenvalue weighted by atomic mass is 9.84. The molecule has 0 spiro atoms. The van der Waals surface area contributed by atoms with Crippen LogP contribution in [-0.2, 0) is 19.1 Å². The standard InChI is InChI=1S/C29H32ClN5O7/c1-16(36)41-15-24(37)35(4)20-9-5-17(6-10-20)27(38)33-25-21-13-18(29(40)34(2)3)7-11-22(21)42-26(25)28(39)32-23-12-8-19(30)14-31-23/h7-8,11-14,17,20H,5-6,9-10,15H2,1-4H3,(H,33,38)(H,31,32,39)/t17-,20-. The Hall–Kier alpha value is -4.45. The number of esters is 1. The second-order valence-electron chi connectivity index (χ2n) is 10.3. The van der Waals surface area contributed by atoms with Crippen LogP contribution in [0, 0.1) is 5.92 Å². The molecule has 1 saturated carbocycles. The Labute approximate surface area is 247 Å². The number of halogens is 1. The van der Waals surface area contributed by atoms with Gasteiger partial charge in [0.15, 0.2) is 6.61 Å². The van der Waals surface area contributed by atoms with Gasteiger partial charge in [-0.25, -0.2) is 4.98 Å². The summed E-state index contributed by atoms with van der Waals surface area (Å²) in [7, 11) is 4.90. The third-order valence-corrected chi connectivity index (χ3v) is 7.40. The summed E-state index contributed by atoms with van der Waals surface area (Å²) in [6.45, 7) is 0.916. The molecule has 2 N–H and O–H groups in total. The van der Waals surface area contributed by atoms with E-state index in [2.05, 4.69) is 15.6 Å². The van der Waals surface area contributed by atoms with Gasteiger partial charge in [0.05, 0.1) is 5.02 Å². The number of carbonyl (C=O) groups excluding carboxylic acids is 5. The van der Waals surface area contributed by atoms with Crippen LogP contribution in [0.4, 0.5) is 11.5 Å². The number of hydrogen-bond acceptors (Lipinski definition) is 8. The summed E-state index contributed by atoms with van der Waals surface area (Å²) in [6.07, 6.45) is 3.53. The Morgan fingerprint density at radius 3 is 2.36 bits per heavy atom. The summed E-state index contributed by atoms with van der Waals surface area (Å²) in [5, 5.41) is 6.32. The molecule has 42 heavy (non-hydrogen) atoms. The number of furan rings is 1. The summed E-state index contributed by atoms with van der Waals surface area (Å²) in [5.74, 6) is -2.34. The Morgan fingerprint density at radius 2 is 1.74 bits per heavy atom. The molecular weight excluding hydrogens is 566 g/mol. The lowest BCUT2D eigenvalue weighted by molar-refractivity contribution is -0.151. The highest BCUT2D eigenvalue weighted by Crippen LogP contribution is 2.35. The van der Waals surface area contributed by atoms with E-state index in [0.29, 0.717) is 47.2 Å². The number of likely N-dealkylation sites (N-methyl/N-ethyl adjacent to an activating group) is 1. The first-order chi connectivity index (χ1) is 19.9. The number of rotatable bonds is 8. The molecule has 1 aromatic carbocycles. The molecule has 0 aliphatic heterocycles. The van der Waals surface area contributed by atoms with Crippen LogP contribution in [0.1, 0.15) is 53.5 Å². The normalized spacial score (nSPS) is 16.4. The van der Waals surface area contributed by atoms with Crippen LogP contribution in [0.5, 0.6) is 0 Å². The van der Waals surface area contributed by atoms with E-state index in [9.17, 15) is 24.0 Å². The molecule has 12 nitrogen and oxygen atoms in total. The quantitative estimate of drug-likeness (QED) is 0.370. The maximum Gasteiger partial charge on any atom is 0.303 e. The molecular formula is C29H32ClN5O7. The number of ether oxygens (including phenoxy) is 1. The number of amides is 4. The fourth-order valence-corrected chi connectivity index (χ4v) is 4.93. The highest BCUT2D eigenvalue weighted by Gasteiger charge is 2.32. The lowest BCUT2D eigenvalue weighted by Gasteiger charge is -2.34. The fourth-order valence-electron chi connectivity index (χ4n) is 4.82. The van der Waals surface area contributed by atoms with E-state index < -0.39 is 11.9 Å². The van der Waals surface area contributed by atoms with Crippen LogP contribution in [0.25, 0.3) is 11.0 Å². The van der Waals surface area contributed by atoms with E-state index in [1.54, 1.807) is 50.3 Å². The summed E-state index contributed by atoms with van der Waals surface area (Å²) in [4.78, 5) is 69.8. The minimum Gasteiger partial charge on any atom is -0.456 e. The van der Waals surface area contributed by atoms with Crippen LogP contribution in [0.3, 0.4) is 0 Å². The van der Waals surface area contributed by atoms with E-state index in [0.717, 1.165) is 0 Å². The Kier molecular flexibility index (Phi) is 9.46. The predicted molar refractivity (Wildman–Crippen MR) is 155 cm³/mol. The van der Waals surface area contributed by atoms with E-state index >= 15 is 0 Å². The van der Waals surface area contributed by atoms with Crippen molar-refractivity contribution in [1.82, 2.24) is 14.8 Å². The topological polar surface area (TPSA) is 151 Å². The van der Waals surface area contributed by atoms with Gasteiger partial charge < -0.3 is 29.6 Å². The van der Waals surface area contributed by atoms with Crippen molar-refractivity contribution in [2.75, 3.05) is 38.4 Å². The van der Waals surface area contributed by atoms with Crippen molar-refractivity contribution in [2.24, 2.45) is 5.92 Å². The predicted octanol–water partition coefficient (Wildman–Crippen LogP) is 3.95. The van der Waals surface area contributed by atoms with Crippen molar-refractivity contribution in [3.05, 3.63) is 52.9 Å². The number of aromatic nitrogens is 1. The van der Waals surface area contributed by atoms with Gasteiger partial charge in [-0.1, -0.05) is 11.6 Å². The maximum atomic E-state index is 13.5. The largest absolute Gasteiger partial charge is 0.456 e. The van der Waals surface area contributed by atoms with Gasteiger partial charge in [0.2, 0.25) is 11.7 Å². The number of nitrogens with zero attached hydrogens (tertiary/aromatic N) is 3. The zero-order valence-corrected chi connectivity index (χ0v) is 24.5. The van der Waals surface area contributed by atoms with Gasteiger partial charge in [0.1, 0.15) is 17.1 Å². The van der Waals surface area contributed by atoms with Gasteiger partial charge in [-0.3, -0.25) is 24.0 Å². The SMILES string of the molecule is CC(=O)OCC(=O)N(C)[C@H]1CC[C@H](C(=O)Nc2c(C(=O)Nc3ccc(Cl)cn3)oc3ccc(C(=O)N(C)C)cc23)CC1. The first-order valence-electron chi connectivity index (χ1n) is 13.4. The molecule has 0 saturated heterocycles. The summed E-state index contributed by atoms with van der Waals surface area (Å²) in [5.41, 5.74) is 0.814. The summed E-state index contributed by atoms with van der Waals surface area (Å²) < 4.78 is 10.7. The smallest absolute Gasteiger partial charge is 0.303 e. The molecule has 0 atom stereocenters. The van der Waals surface area contributed by atoms with E-state index in [1.807, 2.05) is 0 Å². The molecule has 4 rings (SSSR count). The van der Waals surface area contributed by atoms with Gasteiger partial charge in [0.25, 0.3) is 17.7 Å². The van der Waals surface area contributed by atoms with E-state index in [-0.39, 0.29) is 53.6 Å². The molecule has 0 radical (unpaired) electrons. The van der Waals surface area contributed by atoms with Crippen molar-refractivity contribution in [3.8, 4) is 0 Å². The molecule has 3 aromatic rings. The van der Waals surface area contributed by atoms with Gasteiger partial charge >= 0.3 is 5.97 Å². The number of nitrogens with one attached hydrogen (secondary N) is 2. The number of fused-ring (bicyclic) bond motifs is 1. The second kappa shape index (κ2) is 13.0. The molecule has 2 aromatic heterocycles. The molecule has 1 aliphatic rings. The second-order valence-corrected chi connectivity index (χ2v) is 10.7. The van der Waals surface area contributed by atoms with Crippen molar-refractivity contribution >= 4 is 63.7 Å². The van der Waals surface area contributed by atoms with Crippen LogP contribution in [0.2, 0.25) is 5.02 Å². The molecule has 0 unspecified atom stereocenters.